The van der Waals surface area contributed by atoms with Gasteiger partial charge in [-0.2, -0.15) is 0 Å². The Bertz CT molecular complexity index is 609. The molecule has 1 unspecified atom stereocenters. The number of phosphoric ester groups is 1. The first-order valence-corrected chi connectivity index (χ1v) is 14.8. The molecule has 0 aliphatic carbocycles. The quantitative estimate of drug-likeness (QED) is 0.0820. The lowest BCUT2D eigenvalue weighted by Gasteiger charge is -2.24. The van der Waals surface area contributed by atoms with Crippen LogP contribution in [0.3, 0.4) is 0 Å². The molecular formula is C25H51NO8P+. The molecule has 1 N–H and O–H groups in total. The van der Waals surface area contributed by atoms with Crippen LogP contribution in [0.25, 0.3) is 0 Å². The standard InChI is InChI=1S/C25H50NO8P/c1-6-8-10-12-14-16-18-25(28)34-23(21-31-24(27)17-15-13-11-9-7-2)22-33-35(29,30)32-20-19-26(3,4)5/h23H,6-22H2,1-5H3/p+1/t23-/m1/s1. The van der Waals surface area contributed by atoms with Gasteiger partial charge >= 0.3 is 19.8 Å². The van der Waals surface area contributed by atoms with E-state index >= 15 is 0 Å². The molecule has 10 heteroatoms. The third-order valence-electron chi connectivity index (χ3n) is 5.39. The molecule has 9 nitrogen and oxygen atoms in total. The average molecular weight is 525 g/mol. The molecule has 0 spiro atoms. The zero-order chi connectivity index (χ0) is 26.6. The van der Waals surface area contributed by atoms with E-state index in [0.29, 0.717) is 17.4 Å². The molecule has 0 fully saturated rings. The van der Waals surface area contributed by atoms with Crippen LogP contribution in [0.5, 0.6) is 0 Å². The van der Waals surface area contributed by atoms with Crippen LogP contribution in [0.1, 0.15) is 97.3 Å². The molecule has 0 aromatic heterocycles. The van der Waals surface area contributed by atoms with E-state index in [-0.39, 0.29) is 32.0 Å². The largest absolute Gasteiger partial charge is 0.472 e. The number of hydrogen-bond acceptors (Lipinski definition) is 7. The Hall–Kier alpha value is -0.990. The predicted octanol–water partition coefficient (Wildman–Crippen LogP) is 5.39. The normalized spacial score (nSPS) is 14.3. The molecule has 0 aromatic carbocycles. The maximum absolute atomic E-state index is 12.3. The molecule has 35 heavy (non-hydrogen) atoms. The van der Waals surface area contributed by atoms with E-state index in [1.54, 1.807) is 0 Å². The number of carbonyl (C=O) groups is 2. The Kier molecular flexibility index (Phi) is 19.5. The number of phosphoric acid groups is 1. The molecule has 0 bridgehead atoms. The van der Waals surface area contributed by atoms with Gasteiger partial charge in [0.05, 0.1) is 27.7 Å². The molecule has 0 saturated heterocycles. The number of hydrogen-bond donors (Lipinski definition) is 1. The molecule has 208 valence electrons. The smallest absolute Gasteiger partial charge is 0.462 e. The number of esters is 2. The highest BCUT2D eigenvalue weighted by atomic mass is 31.2. The lowest BCUT2D eigenvalue weighted by atomic mass is 10.1. The maximum Gasteiger partial charge on any atom is 0.472 e. The molecular weight excluding hydrogens is 473 g/mol. The topological polar surface area (TPSA) is 108 Å². The summed E-state index contributed by atoms with van der Waals surface area (Å²) in [5.41, 5.74) is 0. The van der Waals surface area contributed by atoms with Crippen molar-refractivity contribution in [3.63, 3.8) is 0 Å². The van der Waals surface area contributed by atoms with E-state index in [1.165, 1.54) is 6.42 Å². The summed E-state index contributed by atoms with van der Waals surface area (Å²) < 4.78 is 33.5. The fourth-order valence-electron chi connectivity index (χ4n) is 3.19. The van der Waals surface area contributed by atoms with Gasteiger partial charge in [0.2, 0.25) is 0 Å². The van der Waals surface area contributed by atoms with Gasteiger partial charge in [-0.05, 0) is 12.8 Å². The molecule has 0 aliphatic rings. The third-order valence-corrected chi connectivity index (χ3v) is 6.37. The van der Waals surface area contributed by atoms with E-state index in [4.69, 9.17) is 18.5 Å². The van der Waals surface area contributed by atoms with Crippen LogP contribution in [0.2, 0.25) is 0 Å². The number of unbranched alkanes of at least 4 members (excludes halogenated alkanes) is 9. The second-order valence-corrected chi connectivity index (χ2v) is 11.5. The zero-order valence-corrected chi connectivity index (χ0v) is 23.7. The molecule has 0 amide bonds. The summed E-state index contributed by atoms with van der Waals surface area (Å²) in [6.45, 7) is 4.20. The van der Waals surface area contributed by atoms with E-state index in [2.05, 4.69) is 13.8 Å². The van der Waals surface area contributed by atoms with Crippen LogP contribution >= 0.6 is 7.82 Å². The summed E-state index contributed by atoms with van der Waals surface area (Å²) >= 11 is 0. The minimum Gasteiger partial charge on any atom is -0.462 e. The van der Waals surface area contributed by atoms with Gasteiger partial charge in [-0.25, -0.2) is 4.57 Å². The van der Waals surface area contributed by atoms with Crippen molar-refractivity contribution in [2.45, 2.75) is 103 Å². The van der Waals surface area contributed by atoms with Gasteiger partial charge in [0.1, 0.15) is 19.8 Å². The monoisotopic (exact) mass is 524 g/mol. The molecule has 0 heterocycles. The fraction of sp³-hybridized carbons (Fsp3) is 0.920. The van der Waals surface area contributed by atoms with E-state index in [9.17, 15) is 19.0 Å². The predicted molar refractivity (Wildman–Crippen MR) is 137 cm³/mol. The number of nitrogens with zero attached hydrogens (tertiary/aromatic N) is 1. The third kappa shape index (κ3) is 23.2. The summed E-state index contributed by atoms with van der Waals surface area (Å²) in [4.78, 5) is 34.3. The summed E-state index contributed by atoms with van der Waals surface area (Å²) in [7, 11) is 1.47. The van der Waals surface area contributed by atoms with Crippen molar-refractivity contribution < 1.29 is 42.1 Å². The summed E-state index contributed by atoms with van der Waals surface area (Å²) in [5, 5.41) is 0. The van der Waals surface area contributed by atoms with Crippen LogP contribution in [-0.2, 0) is 32.7 Å². The van der Waals surface area contributed by atoms with Gasteiger partial charge in [0, 0.05) is 12.8 Å². The van der Waals surface area contributed by atoms with Crippen LogP contribution < -0.4 is 0 Å². The van der Waals surface area contributed by atoms with Gasteiger partial charge in [-0.15, -0.1) is 0 Å². The number of carbonyl (C=O) groups excluding carboxylic acids is 2. The molecule has 0 radical (unpaired) electrons. The van der Waals surface area contributed by atoms with Crippen molar-refractivity contribution in [2.75, 3.05) is 47.5 Å². The van der Waals surface area contributed by atoms with Gasteiger partial charge in [-0.1, -0.05) is 71.6 Å². The second kappa shape index (κ2) is 20.1. The summed E-state index contributed by atoms with van der Waals surface area (Å²) in [5.74, 6) is -0.826. The van der Waals surface area contributed by atoms with Crippen molar-refractivity contribution in [1.82, 2.24) is 0 Å². The fourth-order valence-corrected chi connectivity index (χ4v) is 3.93. The Morgan fingerprint density at radius 3 is 1.83 bits per heavy atom. The Balaban J connectivity index is 4.62. The van der Waals surface area contributed by atoms with E-state index in [1.807, 2.05) is 21.1 Å². The molecule has 0 aromatic rings. The van der Waals surface area contributed by atoms with Crippen molar-refractivity contribution in [3.8, 4) is 0 Å². The van der Waals surface area contributed by atoms with Crippen molar-refractivity contribution in [3.05, 3.63) is 0 Å². The molecule has 2 atom stereocenters. The summed E-state index contributed by atoms with van der Waals surface area (Å²) in [6, 6.07) is 0. The van der Waals surface area contributed by atoms with Crippen LogP contribution in [0, 0.1) is 0 Å². The Morgan fingerprint density at radius 2 is 1.29 bits per heavy atom. The Morgan fingerprint density at radius 1 is 0.771 bits per heavy atom. The summed E-state index contributed by atoms with van der Waals surface area (Å²) in [6.07, 6.45) is 10.8. The first-order chi connectivity index (χ1) is 16.5. The van der Waals surface area contributed by atoms with Gasteiger partial charge in [-0.3, -0.25) is 18.6 Å². The Labute approximate surface area is 213 Å². The number of ether oxygens (including phenoxy) is 2. The highest BCUT2D eigenvalue weighted by molar-refractivity contribution is 7.47. The van der Waals surface area contributed by atoms with Crippen LogP contribution in [0.4, 0.5) is 0 Å². The number of rotatable bonds is 23. The van der Waals surface area contributed by atoms with Gasteiger partial charge in [0.25, 0.3) is 0 Å². The first kappa shape index (κ1) is 34.0. The van der Waals surface area contributed by atoms with Crippen LogP contribution in [-0.4, -0.2) is 74.9 Å². The van der Waals surface area contributed by atoms with Crippen molar-refractivity contribution in [1.29, 1.82) is 0 Å². The number of quaternary nitrogens is 1. The SMILES string of the molecule is CCCCCCCCC(=O)O[C@H](COC(=O)CCCCCCC)COP(=O)(O)OCC[N+](C)(C)C. The molecule has 0 aliphatic heterocycles. The minimum atomic E-state index is -4.33. The lowest BCUT2D eigenvalue weighted by molar-refractivity contribution is -0.870. The highest BCUT2D eigenvalue weighted by Crippen LogP contribution is 2.43. The minimum absolute atomic E-state index is 0.0345. The first-order valence-electron chi connectivity index (χ1n) is 13.3. The number of likely N-dealkylation sites (N-methyl/N-ethyl adjacent to an activating group) is 1. The lowest BCUT2D eigenvalue weighted by Crippen LogP contribution is -2.37. The molecule has 0 rings (SSSR count). The highest BCUT2D eigenvalue weighted by Gasteiger charge is 2.27. The van der Waals surface area contributed by atoms with Gasteiger partial charge < -0.3 is 18.9 Å². The van der Waals surface area contributed by atoms with Crippen molar-refractivity contribution in [2.24, 2.45) is 0 Å². The van der Waals surface area contributed by atoms with Crippen LogP contribution in [0.15, 0.2) is 0 Å². The average Bonchev–Trinajstić information content (AvgIpc) is 2.76. The second-order valence-electron chi connectivity index (χ2n) is 10.1. The van der Waals surface area contributed by atoms with E-state index in [0.717, 1.165) is 57.8 Å². The van der Waals surface area contributed by atoms with Gasteiger partial charge in [0.15, 0.2) is 6.10 Å². The molecule has 0 saturated carbocycles. The maximum atomic E-state index is 12.3. The van der Waals surface area contributed by atoms with Crippen molar-refractivity contribution >= 4 is 19.8 Å². The van der Waals surface area contributed by atoms with E-state index < -0.39 is 26.5 Å². The zero-order valence-electron chi connectivity index (χ0n) is 22.8.